The van der Waals surface area contributed by atoms with Crippen LogP contribution in [0.5, 0.6) is 0 Å². The van der Waals surface area contributed by atoms with Crippen molar-refractivity contribution < 1.29 is 18.9 Å². The summed E-state index contributed by atoms with van der Waals surface area (Å²) in [6.45, 7) is 9.63. The average Bonchev–Trinajstić information content (AvgIpc) is 2.65. The van der Waals surface area contributed by atoms with Gasteiger partial charge in [0.1, 0.15) is 6.54 Å². The van der Waals surface area contributed by atoms with Gasteiger partial charge in [-0.3, -0.25) is 0 Å². The quantitative estimate of drug-likeness (QED) is 0.194. The zero-order valence-corrected chi connectivity index (χ0v) is 15.5. The second-order valence-electron chi connectivity index (χ2n) is 5.74. The predicted octanol–water partition coefficient (Wildman–Crippen LogP) is 4.54. The first-order valence-corrected chi connectivity index (χ1v) is 9.08. The summed E-state index contributed by atoms with van der Waals surface area (Å²) in [5, 5.41) is 0. The van der Waals surface area contributed by atoms with Crippen molar-refractivity contribution in [2.45, 2.75) is 64.8 Å². The highest BCUT2D eigenvalue weighted by atomic mass is 16.6. The number of unbranched alkanes of at least 4 members (excludes halogenated alkanes) is 7. The van der Waals surface area contributed by atoms with Crippen molar-refractivity contribution in [1.29, 1.82) is 0 Å². The van der Waals surface area contributed by atoms with Crippen LogP contribution in [0.1, 0.15) is 58.3 Å². The van der Waals surface area contributed by atoms with E-state index >= 15 is 0 Å². The number of carbonyl (C=O) groups is 2. The number of pyridine rings is 1. The van der Waals surface area contributed by atoms with Crippen molar-refractivity contribution in [2.75, 3.05) is 0 Å². The molecule has 0 saturated heterocycles. The Morgan fingerprint density at radius 2 is 1.32 bits per heavy atom. The highest BCUT2D eigenvalue weighted by Crippen LogP contribution is 2.08. The number of aromatic nitrogens is 1. The van der Waals surface area contributed by atoms with Gasteiger partial charge < -0.3 is 4.74 Å². The summed E-state index contributed by atoms with van der Waals surface area (Å²) < 4.78 is 6.31. The van der Waals surface area contributed by atoms with Crippen LogP contribution in [-0.2, 0) is 20.9 Å². The number of rotatable bonds is 11. The molecule has 0 aliphatic rings. The fourth-order valence-electron chi connectivity index (χ4n) is 2.19. The highest BCUT2D eigenvalue weighted by molar-refractivity contribution is 5.95. The molecule has 0 aromatic carbocycles. The molecule has 0 atom stereocenters. The highest BCUT2D eigenvalue weighted by Gasteiger charge is 1.99. The van der Waals surface area contributed by atoms with Crippen LogP contribution in [0, 0.1) is 0 Å². The fourth-order valence-corrected chi connectivity index (χ4v) is 2.19. The Morgan fingerprint density at radius 3 is 1.80 bits per heavy atom. The topological polar surface area (TPSA) is 47.3 Å². The van der Waals surface area contributed by atoms with Gasteiger partial charge in [-0.05, 0) is 6.42 Å². The van der Waals surface area contributed by atoms with Gasteiger partial charge in [-0.1, -0.05) is 64.7 Å². The zero-order chi connectivity index (χ0) is 18.8. The SMILES string of the molecule is C=CC(=O)OC(=O)C=C.CCCCCCCCCC[n+]1ccccc1. The lowest BCUT2D eigenvalue weighted by Crippen LogP contribution is -2.32. The largest absolute Gasteiger partial charge is 0.387 e. The molecule has 0 unspecified atom stereocenters. The van der Waals surface area contributed by atoms with E-state index in [2.05, 4.69) is 60.0 Å². The van der Waals surface area contributed by atoms with Crippen LogP contribution in [-0.4, -0.2) is 11.9 Å². The first-order valence-electron chi connectivity index (χ1n) is 9.08. The fraction of sp³-hybridized carbons (Fsp3) is 0.476. The van der Waals surface area contributed by atoms with Crippen LogP contribution in [0.3, 0.4) is 0 Å². The van der Waals surface area contributed by atoms with E-state index < -0.39 is 11.9 Å². The summed E-state index contributed by atoms with van der Waals surface area (Å²) in [6, 6.07) is 6.28. The molecule has 0 N–H and O–H groups in total. The minimum atomic E-state index is -0.764. The van der Waals surface area contributed by atoms with E-state index in [-0.39, 0.29) is 0 Å². The predicted molar refractivity (Wildman–Crippen MR) is 101 cm³/mol. The van der Waals surface area contributed by atoms with E-state index in [1.54, 1.807) is 0 Å². The van der Waals surface area contributed by atoms with Gasteiger partial charge in [-0.15, -0.1) is 0 Å². The van der Waals surface area contributed by atoms with Crippen molar-refractivity contribution in [3.63, 3.8) is 0 Å². The third kappa shape index (κ3) is 15.1. The van der Waals surface area contributed by atoms with Gasteiger partial charge in [-0.2, -0.15) is 0 Å². The molecular weight excluding hydrogens is 314 g/mol. The number of carbonyl (C=O) groups excluding carboxylic acids is 2. The van der Waals surface area contributed by atoms with E-state index in [1.807, 2.05) is 0 Å². The summed E-state index contributed by atoms with van der Waals surface area (Å²) in [5.41, 5.74) is 0. The van der Waals surface area contributed by atoms with Gasteiger partial charge in [0.25, 0.3) is 0 Å². The molecule has 1 rings (SSSR count). The second kappa shape index (κ2) is 16.6. The molecule has 0 radical (unpaired) electrons. The Labute approximate surface area is 152 Å². The van der Waals surface area contributed by atoms with Gasteiger partial charge in [0.15, 0.2) is 12.4 Å². The number of hydrogen-bond donors (Lipinski definition) is 0. The van der Waals surface area contributed by atoms with E-state index in [0.29, 0.717) is 0 Å². The summed E-state index contributed by atoms with van der Waals surface area (Å²) in [6.07, 6.45) is 17.3. The number of ether oxygens (including phenoxy) is 1. The first-order chi connectivity index (χ1) is 12.1. The molecule has 0 spiro atoms. The van der Waals surface area contributed by atoms with Crippen molar-refractivity contribution in [3.05, 3.63) is 55.9 Å². The standard InChI is InChI=1S/C15H26N.C6H6O3/c1-2-3-4-5-6-7-8-10-13-16-14-11-9-12-15-16;1-3-5(7)9-6(8)4-2/h9,11-12,14-15H,2-8,10,13H2,1H3;3-4H,1-2H2/q+1;. The molecule has 138 valence electrons. The lowest BCUT2D eigenvalue weighted by Gasteiger charge is -2.00. The molecule has 1 aromatic heterocycles. The molecule has 0 aliphatic carbocycles. The molecule has 1 heterocycles. The minimum Gasteiger partial charge on any atom is -0.387 e. The van der Waals surface area contributed by atoms with Crippen molar-refractivity contribution in [2.24, 2.45) is 0 Å². The van der Waals surface area contributed by atoms with Crippen LogP contribution in [0.25, 0.3) is 0 Å². The van der Waals surface area contributed by atoms with Crippen molar-refractivity contribution in [3.8, 4) is 0 Å². The number of esters is 2. The van der Waals surface area contributed by atoms with Crippen molar-refractivity contribution >= 4 is 11.9 Å². The molecule has 25 heavy (non-hydrogen) atoms. The molecule has 0 amide bonds. The van der Waals surface area contributed by atoms with Gasteiger partial charge in [0, 0.05) is 30.7 Å². The van der Waals surface area contributed by atoms with E-state index in [4.69, 9.17) is 0 Å². The lowest BCUT2D eigenvalue weighted by molar-refractivity contribution is -0.697. The van der Waals surface area contributed by atoms with Crippen LogP contribution in [0.15, 0.2) is 55.9 Å². The van der Waals surface area contributed by atoms with Gasteiger partial charge >= 0.3 is 11.9 Å². The maximum Gasteiger partial charge on any atom is 0.338 e. The minimum absolute atomic E-state index is 0.764. The Morgan fingerprint density at radius 1 is 0.840 bits per heavy atom. The van der Waals surface area contributed by atoms with Crippen LogP contribution in [0.4, 0.5) is 0 Å². The molecule has 4 heteroatoms. The molecule has 4 nitrogen and oxygen atoms in total. The number of hydrogen-bond acceptors (Lipinski definition) is 3. The molecule has 0 fully saturated rings. The first kappa shape index (κ1) is 22.8. The maximum absolute atomic E-state index is 10.2. The van der Waals surface area contributed by atoms with Gasteiger partial charge in [-0.25, -0.2) is 14.2 Å². The maximum atomic E-state index is 10.2. The second-order valence-corrected chi connectivity index (χ2v) is 5.74. The summed E-state index contributed by atoms with van der Waals surface area (Å²) >= 11 is 0. The van der Waals surface area contributed by atoms with Gasteiger partial charge in [0.05, 0.1) is 0 Å². The van der Waals surface area contributed by atoms with Crippen molar-refractivity contribution in [1.82, 2.24) is 0 Å². The molecular formula is C21H32NO3+. The van der Waals surface area contributed by atoms with Gasteiger partial charge in [0.2, 0.25) is 0 Å². The Bertz CT molecular complexity index is 479. The van der Waals surface area contributed by atoms with E-state index in [9.17, 15) is 9.59 Å². The molecule has 1 aromatic rings. The summed E-state index contributed by atoms with van der Waals surface area (Å²) in [4.78, 5) is 20.3. The monoisotopic (exact) mass is 346 g/mol. The summed E-state index contributed by atoms with van der Waals surface area (Å²) in [7, 11) is 0. The molecule has 0 aliphatic heterocycles. The average molecular weight is 346 g/mol. The normalized spacial score (nSPS) is 9.48. The third-order valence-corrected chi connectivity index (χ3v) is 3.58. The number of aryl methyl sites for hydroxylation is 1. The smallest absolute Gasteiger partial charge is 0.338 e. The lowest BCUT2D eigenvalue weighted by atomic mass is 10.1. The van der Waals surface area contributed by atoms with Crippen LogP contribution in [0.2, 0.25) is 0 Å². The Kier molecular flexibility index (Phi) is 15.1. The number of nitrogens with zero attached hydrogens (tertiary/aromatic N) is 1. The Balaban J connectivity index is 0.000000547. The third-order valence-electron chi connectivity index (χ3n) is 3.58. The Hall–Kier alpha value is -2.23. The van der Waals surface area contributed by atoms with E-state index in [1.165, 1.54) is 57.9 Å². The summed E-state index contributed by atoms with van der Waals surface area (Å²) in [5.74, 6) is -1.53. The zero-order valence-electron chi connectivity index (χ0n) is 15.5. The van der Waals surface area contributed by atoms with Crippen LogP contribution < -0.4 is 4.57 Å². The van der Waals surface area contributed by atoms with Crippen LogP contribution >= 0.6 is 0 Å². The molecule has 0 saturated carbocycles. The molecule has 0 bridgehead atoms. The van der Waals surface area contributed by atoms with E-state index in [0.717, 1.165) is 12.2 Å².